The summed E-state index contributed by atoms with van der Waals surface area (Å²) in [4.78, 5) is 12.0. The summed E-state index contributed by atoms with van der Waals surface area (Å²) in [5, 5.41) is 0. The Morgan fingerprint density at radius 1 is 1.11 bits per heavy atom. The average Bonchev–Trinajstić information content (AvgIpc) is 2.98. The minimum atomic E-state index is 0. The molecule has 1 aromatic carbocycles. The first-order chi connectivity index (χ1) is 8.83. The lowest BCUT2D eigenvalue weighted by molar-refractivity contribution is -0.149. The lowest BCUT2D eigenvalue weighted by Gasteiger charge is -2.11. The molecule has 2 fully saturated rings. The largest absolute Gasteiger partial charge is 0.461 e. The van der Waals surface area contributed by atoms with Crippen molar-refractivity contribution in [1.82, 2.24) is 0 Å². The van der Waals surface area contributed by atoms with E-state index in [1.165, 1.54) is 19.3 Å². The van der Waals surface area contributed by atoms with Crippen molar-refractivity contribution >= 4 is 18.4 Å². The number of carbonyl (C=O) groups excluding carboxylic acids is 1. The number of fused-ring (bicyclic) bond motifs is 1. The minimum Gasteiger partial charge on any atom is -0.461 e. The van der Waals surface area contributed by atoms with Crippen LogP contribution in [0.15, 0.2) is 30.3 Å². The van der Waals surface area contributed by atoms with Crippen LogP contribution in [0.5, 0.6) is 0 Å². The van der Waals surface area contributed by atoms with Crippen molar-refractivity contribution in [2.75, 3.05) is 0 Å². The molecule has 0 aromatic heterocycles. The fraction of sp³-hybridized carbons (Fsp3) is 0.562. The second kappa shape index (κ2) is 6.42. The Bertz CT molecular complexity index is 406. The highest BCUT2D eigenvalue weighted by atomic mass is 35.5. The maximum Gasteiger partial charge on any atom is 0.309 e. The topological polar surface area (TPSA) is 26.3 Å². The molecule has 2 nitrogen and oxygen atoms in total. The van der Waals surface area contributed by atoms with Gasteiger partial charge in [0, 0.05) is 0 Å². The fourth-order valence-corrected chi connectivity index (χ4v) is 3.60. The van der Waals surface area contributed by atoms with Crippen LogP contribution in [0.4, 0.5) is 0 Å². The van der Waals surface area contributed by atoms with Gasteiger partial charge in [0.05, 0.1) is 5.92 Å². The second-order valence-electron chi connectivity index (χ2n) is 5.71. The Morgan fingerprint density at radius 2 is 1.74 bits per heavy atom. The lowest BCUT2D eigenvalue weighted by Crippen LogP contribution is -2.15. The minimum absolute atomic E-state index is 0. The van der Waals surface area contributed by atoms with E-state index in [9.17, 15) is 4.79 Å². The smallest absolute Gasteiger partial charge is 0.309 e. The zero-order valence-electron chi connectivity index (χ0n) is 11.1. The molecule has 0 radical (unpaired) electrons. The molecule has 2 aliphatic rings. The molecule has 0 amide bonds. The third-order valence-corrected chi connectivity index (χ3v) is 4.55. The maximum atomic E-state index is 12.0. The summed E-state index contributed by atoms with van der Waals surface area (Å²) < 4.78 is 5.44. The molecule has 0 heterocycles. The number of rotatable bonds is 3. The van der Waals surface area contributed by atoms with Crippen LogP contribution in [-0.2, 0) is 16.1 Å². The van der Waals surface area contributed by atoms with Gasteiger partial charge in [0.1, 0.15) is 6.61 Å². The normalized spacial score (nSPS) is 28.5. The van der Waals surface area contributed by atoms with Crippen molar-refractivity contribution in [2.45, 2.75) is 38.7 Å². The highest BCUT2D eigenvalue weighted by Gasteiger charge is 2.40. The summed E-state index contributed by atoms with van der Waals surface area (Å²) in [6, 6.07) is 9.92. The third-order valence-electron chi connectivity index (χ3n) is 4.55. The molecule has 3 rings (SSSR count). The van der Waals surface area contributed by atoms with Crippen molar-refractivity contribution < 1.29 is 9.53 Å². The maximum absolute atomic E-state index is 12.0. The Hall–Kier alpha value is -1.02. The first-order valence-corrected chi connectivity index (χ1v) is 7.03. The van der Waals surface area contributed by atoms with Gasteiger partial charge >= 0.3 is 5.97 Å². The SMILES string of the molecule is Cl.O=C(OCc1ccccc1)C1CC2CCCC2C1. The molecule has 0 aliphatic heterocycles. The summed E-state index contributed by atoms with van der Waals surface area (Å²) in [5.74, 6) is 1.80. The van der Waals surface area contributed by atoms with E-state index in [1.807, 2.05) is 30.3 Å². The number of ether oxygens (including phenoxy) is 1. The van der Waals surface area contributed by atoms with Crippen LogP contribution in [0, 0.1) is 17.8 Å². The van der Waals surface area contributed by atoms with Gasteiger partial charge in [-0.05, 0) is 30.2 Å². The van der Waals surface area contributed by atoms with Gasteiger partial charge in [-0.1, -0.05) is 49.6 Å². The number of esters is 1. The molecule has 3 heteroatoms. The summed E-state index contributed by atoms with van der Waals surface area (Å²) >= 11 is 0. The van der Waals surface area contributed by atoms with Gasteiger partial charge in [0.2, 0.25) is 0 Å². The Balaban J connectivity index is 0.00000133. The molecule has 2 unspecified atom stereocenters. The van der Waals surface area contributed by atoms with E-state index in [-0.39, 0.29) is 24.3 Å². The third kappa shape index (κ3) is 3.30. The molecule has 2 saturated carbocycles. The van der Waals surface area contributed by atoms with Gasteiger partial charge in [-0.15, -0.1) is 12.4 Å². The number of hydrogen-bond donors (Lipinski definition) is 0. The van der Waals surface area contributed by atoms with E-state index in [1.54, 1.807) is 0 Å². The van der Waals surface area contributed by atoms with Gasteiger partial charge in [-0.2, -0.15) is 0 Å². The van der Waals surface area contributed by atoms with Gasteiger partial charge in [-0.25, -0.2) is 0 Å². The Morgan fingerprint density at radius 3 is 2.37 bits per heavy atom. The number of halogens is 1. The van der Waals surface area contributed by atoms with Crippen molar-refractivity contribution in [2.24, 2.45) is 17.8 Å². The number of benzene rings is 1. The molecule has 2 atom stereocenters. The predicted molar refractivity (Wildman–Crippen MR) is 77.0 cm³/mol. The first kappa shape index (κ1) is 14.4. The predicted octanol–water partition coefficient (Wildman–Crippen LogP) is 3.98. The summed E-state index contributed by atoms with van der Waals surface area (Å²) in [7, 11) is 0. The molecular weight excluding hydrogens is 260 g/mol. The van der Waals surface area contributed by atoms with E-state index in [2.05, 4.69) is 0 Å². The molecule has 19 heavy (non-hydrogen) atoms. The van der Waals surface area contributed by atoms with E-state index in [0.717, 1.165) is 30.2 Å². The van der Waals surface area contributed by atoms with Crippen LogP contribution in [0.25, 0.3) is 0 Å². The van der Waals surface area contributed by atoms with Crippen LogP contribution in [0.1, 0.15) is 37.7 Å². The van der Waals surface area contributed by atoms with E-state index in [0.29, 0.717) is 6.61 Å². The van der Waals surface area contributed by atoms with Gasteiger partial charge in [-0.3, -0.25) is 4.79 Å². The second-order valence-corrected chi connectivity index (χ2v) is 5.71. The lowest BCUT2D eigenvalue weighted by atomic mass is 10.0. The van der Waals surface area contributed by atoms with Crippen molar-refractivity contribution in [3.05, 3.63) is 35.9 Å². The Labute approximate surface area is 120 Å². The molecule has 2 aliphatic carbocycles. The average molecular weight is 281 g/mol. The molecule has 1 aromatic rings. The quantitative estimate of drug-likeness (QED) is 0.783. The molecule has 0 spiro atoms. The van der Waals surface area contributed by atoms with Gasteiger partial charge in [0.15, 0.2) is 0 Å². The summed E-state index contributed by atoms with van der Waals surface area (Å²) in [6.45, 7) is 0.422. The van der Waals surface area contributed by atoms with Gasteiger partial charge < -0.3 is 4.74 Å². The van der Waals surface area contributed by atoms with Crippen LogP contribution >= 0.6 is 12.4 Å². The zero-order chi connectivity index (χ0) is 12.4. The standard InChI is InChI=1S/C16H20O2.ClH/c17-16(18-11-12-5-2-1-3-6-12)15-9-13-7-4-8-14(13)10-15;/h1-3,5-6,13-15H,4,7-11H2;1H. The highest BCUT2D eigenvalue weighted by molar-refractivity contribution is 5.85. The zero-order valence-corrected chi connectivity index (χ0v) is 11.9. The van der Waals surface area contributed by atoms with E-state index >= 15 is 0 Å². The number of hydrogen-bond acceptors (Lipinski definition) is 2. The highest BCUT2D eigenvalue weighted by Crippen LogP contribution is 2.47. The van der Waals surface area contributed by atoms with E-state index < -0.39 is 0 Å². The fourth-order valence-electron chi connectivity index (χ4n) is 3.60. The van der Waals surface area contributed by atoms with Crippen molar-refractivity contribution in [1.29, 1.82) is 0 Å². The van der Waals surface area contributed by atoms with Gasteiger partial charge in [0.25, 0.3) is 0 Å². The van der Waals surface area contributed by atoms with Crippen LogP contribution < -0.4 is 0 Å². The molecular formula is C16H21ClO2. The first-order valence-electron chi connectivity index (χ1n) is 7.03. The molecule has 104 valence electrons. The number of carbonyl (C=O) groups is 1. The monoisotopic (exact) mass is 280 g/mol. The van der Waals surface area contributed by atoms with Crippen LogP contribution in [0.3, 0.4) is 0 Å². The van der Waals surface area contributed by atoms with Crippen molar-refractivity contribution in [3.8, 4) is 0 Å². The molecule has 0 bridgehead atoms. The molecule has 0 N–H and O–H groups in total. The molecule has 0 saturated heterocycles. The Kier molecular flexibility index (Phi) is 4.87. The van der Waals surface area contributed by atoms with Crippen LogP contribution in [0.2, 0.25) is 0 Å². The van der Waals surface area contributed by atoms with E-state index in [4.69, 9.17) is 4.74 Å². The van der Waals surface area contributed by atoms with Crippen LogP contribution in [-0.4, -0.2) is 5.97 Å². The van der Waals surface area contributed by atoms with Crippen molar-refractivity contribution in [3.63, 3.8) is 0 Å². The summed E-state index contributed by atoms with van der Waals surface area (Å²) in [5.41, 5.74) is 1.07. The summed E-state index contributed by atoms with van der Waals surface area (Å²) in [6.07, 6.45) is 6.15.